The van der Waals surface area contributed by atoms with E-state index in [1.807, 2.05) is 0 Å². The minimum Gasteiger partial charge on any atom is -0.316 e. The SMILES string of the molecule is CCCC(C)(CNCC(C)C)CN1CCCC(C)(C)CC1. The number of likely N-dealkylation sites (tertiary alicyclic amines) is 1. The normalized spacial score (nSPS) is 23.0. The van der Waals surface area contributed by atoms with Crippen molar-refractivity contribution in [1.29, 1.82) is 0 Å². The Morgan fingerprint density at radius 1 is 1.19 bits per heavy atom. The lowest BCUT2D eigenvalue weighted by Crippen LogP contribution is -2.43. The Labute approximate surface area is 134 Å². The van der Waals surface area contributed by atoms with Gasteiger partial charge in [0.1, 0.15) is 0 Å². The summed E-state index contributed by atoms with van der Waals surface area (Å²) in [5, 5.41) is 3.71. The zero-order valence-electron chi connectivity index (χ0n) is 15.6. The molecule has 0 aromatic carbocycles. The largest absolute Gasteiger partial charge is 0.316 e. The summed E-state index contributed by atoms with van der Waals surface area (Å²) in [5.41, 5.74) is 0.976. The van der Waals surface area contributed by atoms with Gasteiger partial charge in [0.25, 0.3) is 0 Å². The van der Waals surface area contributed by atoms with Crippen LogP contribution >= 0.6 is 0 Å². The predicted octanol–water partition coefficient (Wildman–Crippen LogP) is 4.55. The van der Waals surface area contributed by atoms with E-state index in [0.717, 1.165) is 12.5 Å². The van der Waals surface area contributed by atoms with E-state index in [1.165, 1.54) is 58.3 Å². The standard InChI is InChI=1S/C19H40N2/c1-7-9-19(6,15-20-14-17(2)3)16-21-12-8-10-18(4,5)11-13-21/h17,20H,7-16H2,1-6H3. The average molecular weight is 297 g/mol. The van der Waals surface area contributed by atoms with Gasteiger partial charge < -0.3 is 10.2 Å². The Morgan fingerprint density at radius 3 is 2.52 bits per heavy atom. The molecule has 0 spiro atoms. The maximum Gasteiger partial charge on any atom is 0.00475 e. The van der Waals surface area contributed by atoms with Gasteiger partial charge >= 0.3 is 0 Å². The Bertz CT molecular complexity index is 285. The van der Waals surface area contributed by atoms with E-state index >= 15 is 0 Å². The molecule has 2 heteroatoms. The Hall–Kier alpha value is -0.0800. The summed E-state index contributed by atoms with van der Waals surface area (Å²) in [4.78, 5) is 2.74. The molecule has 1 unspecified atom stereocenters. The third-order valence-corrected chi connectivity index (χ3v) is 5.00. The van der Waals surface area contributed by atoms with Crippen LogP contribution in [-0.4, -0.2) is 37.6 Å². The molecule has 1 aliphatic rings. The summed E-state index contributed by atoms with van der Waals surface area (Å²) >= 11 is 0. The van der Waals surface area contributed by atoms with Crippen LogP contribution in [0.2, 0.25) is 0 Å². The van der Waals surface area contributed by atoms with Gasteiger partial charge in [0, 0.05) is 13.1 Å². The van der Waals surface area contributed by atoms with Crippen LogP contribution < -0.4 is 5.32 Å². The van der Waals surface area contributed by atoms with Crippen LogP contribution in [0.5, 0.6) is 0 Å². The molecule has 1 saturated heterocycles. The molecule has 0 radical (unpaired) electrons. The van der Waals surface area contributed by atoms with Crippen molar-refractivity contribution in [2.75, 3.05) is 32.7 Å². The highest BCUT2D eigenvalue weighted by atomic mass is 15.1. The molecule has 2 nitrogen and oxygen atoms in total. The summed E-state index contributed by atoms with van der Waals surface area (Å²) < 4.78 is 0. The van der Waals surface area contributed by atoms with Crippen molar-refractivity contribution >= 4 is 0 Å². The highest BCUT2D eigenvalue weighted by Crippen LogP contribution is 2.32. The Kier molecular flexibility index (Phi) is 7.70. The van der Waals surface area contributed by atoms with Gasteiger partial charge in [-0.25, -0.2) is 0 Å². The molecule has 1 atom stereocenters. The van der Waals surface area contributed by atoms with E-state index < -0.39 is 0 Å². The first-order chi connectivity index (χ1) is 9.76. The van der Waals surface area contributed by atoms with Crippen LogP contribution in [0.15, 0.2) is 0 Å². The zero-order chi connectivity index (χ0) is 15.9. The molecular weight excluding hydrogens is 256 g/mol. The van der Waals surface area contributed by atoms with E-state index in [0.29, 0.717) is 10.8 Å². The van der Waals surface area contributed by atoms with Gasteiger partial charge in [-0.1, -0.05) is 48.0 Å². The van der Waals surface area contributed by atoms with Crippen LogP contribution in [0.1, 0.15) is 73.6 Å². The monoisotopic (exact) mass is 296 g/mol. The van der Waals surface area contributed by atoms with Crippen molar-refractivity contribution in [2.45, 2.75) is 73.6 Å². The molecule has 0 aromatic rings. The van der Waals surface area contributed by atoms with Crippen molar-refractivity contribution in [1.82, 2.24) is 10.2 Å². The van der Waals surface area contributed by atoms with Crippen LogP contribution in [0, 0.1) is 16.7 Å². The van der Waals surface area contributed by atoms with Crippen LogP contribution in [-0.2, 0) is 0 Å². The number of nitrogens with one attached hydrogen (secondary N) is 1. The van der Waals surface area contributed by atoms with E-state index in [2.05, 4.69) is 51.8 Å². The van der Waals surface area contributed by atoms with Crippen molar-refractivity contribution < 1.29 is 0 Å². The first kappa shape index (κ1) is 19.0. The van der Waals surface area contributed by atoms with Crippen LogP contribution in [0.3, 0.4) is 0 Å². The topological polar surface area (TPSA) is 15.3 Å². The number of rotatable bonds is 8. The maximum absolute atomic E-state index is 3.71. The third kappa shape index (κ3) is 7.65. The lowest BCUT2D eigenvalue weighted by molar-refractivity contribution is 0.148. The van der Waals surface area contributed by atoms with E-state index in [9.17, 15) is 0 Å². The number of nitrogens with zero attached hydrogens (tertiary/aromatic N) is 1. The molecule has 1 aliphatic heterocycles. The number of hydrogen-bond donors (Lipinski definition) is 1. The molecule has 1 fully saturated rings. The minimum atomic E-state index is 0.429. The predicted molar refractivity (Wildman–Crippen MR) is 94.8 cm³/mol. The highest BCUT2D eigenvalue weighted by molar-refractivity contribution is 4.84. The summed E-state index contributed by atoms with van der Waals surface area (Å²) in [7, 11) is 0. The van der Waals surface area contributed by atoms with Crippen molar-refractivity contribution in [3.63, 3.8) is 0 Å². The third-order valence-electron chi connectivity index (χ3n) is 5.00. The summed E-state index contributed by atoms with van der Waals surface area (Å²) in [6, 6.07) is 0. The Balaban J connectivity index is 2.51. The van der Waals surface area contributed by atoms with Crippen LogP contribution in [0.25, 0.3) is 0 Å². The maximum atomic E-state index is 3.71. The fourth-order valence-electron chi connectivity index (χ4n) is 3.67. The molecule has 21 heavy (non-hydrogen) atoms. The summed E-state index contributed by atoms with van der Waals surface area (Å²) in [6.07, 6.45) is 6.74. The minimum absolute atomic E-state index is 0.429. The quantitative estimate of drug-likeness (QED) is 0.707. The fourth-order valence-corrected chi connectivity index (χ4v) is 3.67. The van der Waals surface area contributed by atoms with Crippen molar-refractivity contribution in [2.24, 2.45) is 16.7 Å². The number of hydrogen-bond acceptors (Lipinski definition) is 2. The molecule has 1 rings (SSSR count). The fraction of sp³-hybridized carbons (Fsp3) is 1.00. The van der Waals surface area contributed by atoms with E-state index in [1.54, 1.807) is 0 Å². The second kappa shape index (κ2) is 8.53. The first-order valence-corrected chi connectivity index (χ1v) is 9.19. The molecule has 126 valence electrons. The second-order valence-electron chi connectivity index (χ2n) is 8.88. The van der Waals surface area contributed by atoms with E-state index in [4.69, 9.17) is 0 Å². The highest BCUT2D eigenvalue weighted by Gasteiger charge is 2.29. The summed E-state index contributed by atoms with van der Waals surface area (Å²) in [6.45, 7) is 20.4. The molecule has 0 amide bonds. The molecule has 0 aliphatic carbocycles. The van der Waals surface area contributed by atoms with Crippen molar-refractivity contribution in [3.8, 4) is 0 Å². The summed E-state index contributed by atoms with van der Waals surface area (Å²) in [5.74, 6) is 0.745. The zero-order valence-corrected chi connectivity index (χ0v) is 15.6. The second-order valence-corrected chi connectivity index (χ2v) is 8.88. The van der Waals surface area contributed by atoms with Gasteiger partial charge in [0.15, 0.2) is 0 Å². The van der Waals surface area contributed by atoms with E-state index in [-0.39, 0.29) is 0 Å². The smallest absolute Gasteiger partial charge is 0.00475 e. The average Bonchev–Trinajstić information content (AvgIpc) is 2.50. The molecule has 1 N–H and O–H groups in total. The molecule has 0 bridgehead atoms. The van der Waals surface area contributed by atoms with Gasteiger partial charge in [-0.15, -0.1) is 0 Å². The molecule has 0 saturated carbocycles. The Morgan fingerprint density at radius 2 is 1.90 bits per heavy atom. The molecule has 0 aromatic heterocycles. The first-order valence-electron chi connectivity index (χ1n) is 9.19. The molecular formula is C19H40N2. The van der Waals surface area contributed by atoms with Crippen LogP contribution in [0.4, 0.5) is 0 Å². The van der Waals surface area contributed by atoms with Gasteiger partial charge in [-0.05, 0) is 62.1 Å². The van der Waals surface area contributed by atoms with Gasteiger partial charge in [-0.3, -0.25) is 0 Å². The van der Waals surface area contributed by atoms with Gasteiger partial charge in [0.2, 0.25) is 0 Å². The lowest BCUT2D eigenvalue weighted by Gasteiger charge is -2.36. The lowest BCUT2D eigenvalue weighted by atomic mass is 9.84. The molecule has 1 heterocycles. The van der Waals surface area contributed by atoms with Gasteiger partial charge in [-0.2, -0.15) is 0 Å². The van der Waals surface area contributed by atoms with Gasteiger partial charge in [0.05, 0.1) is 0 Å². The van der Waals surface area contributed by atoms with Crippen molar-refractivity contribution in [3.05, 3.63) is 0 Å².